The molecule has 0 bridgehead atoms. The van der Waals surface area contributed by atoms with E-state index in [0.717, 1.165) is 22.3 Å². The molecule has 2 aromatic heterocycles. The third-order valence-corrected chi connectivity index (χ3v) is 3.24. The summed E-state index contributed by atoms with van der Waals surface area (Å²) in [6, 6.07) is 11.0. The number of fused-ring (bicyclic) bond motifs is 1. The van der Waals surface area contributed by atoms with Crippen LogP contribution in [0.15, 0.2) is 42.6 Å². The van der Waals surface area contributed by atoms with Gasteiger partial charge in [0.1, 0.15) is 5.65 Å². The van der Waals surface area contributed by atoms with Gasteiger partial charge in [-0.3, -0.25) is 10.1 Å². The summed E-state index contributed by atoms with van der Waals surface area (Å²) in [5.74, 6) is -0.119. The van der Waals surface area contributed by atoms with E-state index in [4.69, 9.17) is 5.11 Å². The number of aromatic nitrogens is 2. The third-order valence-electron chi connectivity index (χ3n) is 3.24. The number of nitrogens with one attached hydrogen (secondary N) is 3. The minimum absolute atomic E-state index is 0.119. The van der Waals surface area contributed by atoms with Crippen LogP contribution < -0.4 is 10.6 Å². The first-order valence-corrected chi connectivity index (χ1v) is 6.88. The Morgan fingerprint density at radius 3 is 2.48 bits per heavy atom. The quantitative estimate of drug-likeness (QED) is 0.595. The fraction of sp³-hybridized carbons (Fsp3) is 0.0625. The van der Waals surface area contributed by atoms with E-state index >= 15 is 0 Å². The van der Waals surface area contributed by atoms with Crippen molar-refractivity contribution in [2.45, 2.75) is 6.92 Å². The highest BCUT2D eigenvalue weighted by atomic mass is 16.4. The summed E-state index contributed by atoms with van der Waals surface area (Å²) >= 11 is 0. The summed E-state index contributed by atoms with van der Waals surface area (Å²) in [4.78, 5) is 29.1. The average Bonchev–Trinajstić information content (AvgIpc) is 2.90. The highest BCUT2D eigenvalue weighted by Crippen LogP contribution is 2.25. The Bertz CT molecular complexity index is 884. The van der Waals surface area contributed by atoms with Crippen LogP contribution in [0.3, 0.4) is 0 Å². The molecule has 0 aliphatic rings. The summed E-state index contributed by atoms with van der Waals surface area (Å²) in [6.07, 6.45) is 0.326. The van der Waals surface area contributed by atoms with Crippen LogP contribution in [0.1, 0.15) is 6.92 Å². The van der Waals surface area contributed by atoms with E-state index in [9.17, 15) is 9.59 Å². The third kappa shape index (κ3) is 3.29. The van der Waals surface area contributed by atoms with E-state index in [1.165, 1.54) is 13.1 Å². The molecule has 0 spiro atoms. The van der Waals surface area contributed by atoms with Crippen molar-refractivity contribution in [1.82, 2.24) is 9.97 Å². The van der Waals surface area contributed by atoms with E-state index in [0.29, 0.717) is 11.3 Å². The van der Waals surface area contributed by atoms with Gasteiger partial charge in [0, 0.05) is 23.7 Å². The smallest absolute Gasteiger partial charge is 0.409 e. The van der Waals surface area contributed by atoms with Crippen molar-refractivity contribution in [2.75, 3.05) is 10.6 Å². The highest BCUT2D eigenvalue weighted by molar-refractivity contribution is 5.91. The van der Waals surface area contributed by atoms with Crippen molar-refractivity contribution in [1.29, 1.82) is 0 Å². The van der Waals surface area contributed by atoms with Crippen molar-refractivity contribution in [3.05, 3.63) is 42.6 Å². The Kier molecular flexibility index (Phi) is 3.68. The van der Waals surface area contributed by atoms with Crippen LogP contribution in [0.5, 0.6) is 0 Å². The van der Waals surface area contributed by atoms with Gasteiger partial charge in [0.15, 0.2) is 0 Å². The van der Waals surface area contributed by atoms with Gasteiger partial charge in [-0.1, -0.05) is 12.1 Å². The maximum atomic E-state index is 11.0. The van der Waals surface area contributed by atoms with E-state index in [-0.39, 0.29) is 5.91 Å². The Morgan fingerprint density at radius 1 is 1.09 bits per heavy atom. The largest absolute Gasteiger partial charge is 0.465 e. The van der Waals surface area contributed by atoms with Gasteiger partial charge in [-0.15, -0.1) is 0 Å². The summed E-state index contributed by atoms with van der Waals surface area (Å²) in [7, 11) is 0. The van der Waals surface area contributed by atoms with Crippen LogP contribution in [0.25, 0.3) is 22.3 Å². The van der Waals surface area contributed by atoms with Crippen molar-refractivity contribution in [3.63, 3.8) is 0 Å². The minimum atomic E-state index is -1.13. The number of benzene rings is 1. The molecule has 0 atom stereocenters. The van der Waals surface area contributed by atoms with Gasteiger partial charge < -0.3 is 15.4 Å². The molecule has 7 heteroatoms. The summed E-state index contributed by atoms with van der Waals surface area (Å²) < 4.78 is 0. The van der Waals surface area contributed by atoms with Crippen LogP contribution in [0.2, 0.25) is 0 Å². The molecule has 0 fully saturated rings. The lowest BCUT2D eigenvalue weighted by Crippen LogP contribution is -2.07. The number of pyridine rings is 1. The van der Waals surface area contributed by atoms with Gasteiger partial charge in [0.25, 0.3) is 0 Å². The molecular formula is C16H14N4O3. The Labute approximate surface area is 131 Å². The fourth-order valence-electron chi connectivity index (χ4n) is 2.30. The normalized spacial score (nSPS) is 10.5. The maximum Gasteiger partial charge on any atom is 0.409 e. The lowest BCUT2D eigenvalue weighted by atomic mass is 10.1. The van der Waals surface area contributed by atoms with Gasteiger partial charge in [-0.25, -0.2) is 9.78 Å². The zero-order valence-electron chi connectivity index (χ0n) is 12.3. The summed E-state index contributed by atoms with van der Waals surface area (Å²) in [5, 5.41) is 14.5. The zero-order chi connectivity index (χ0) is 16.4. The Hall–Kier alpha value is -3.35. The van der Waals surface area contributed by atoms with E-state index in [1.807, 2.05) is 30.3 Å². The highest BCUT2D eigenvalue weighted by Gasteiger charge is 2.07. The second kappa shape index (κ2) is 5.80. The monoisotopic (exact) mass is 310 g/mol. The molecule has 0 unspecified atom stereocenters. The predicted molar refractivity (Wildman–Crippen MR) is 87.5 cm³/mol. The number of hydrogen-bond donors (Lipinski definition) is 4. The SMILES string of the molecule is CC(=O)Nc1ccc(-c2cc3cc(NC(=O)O)cnc3[nH]2)cc1. The molecule has 0 aliphatic carbocycles. The molecule has 23 heavy (non-hydrogen) atoms. The van der Waals surface area contributed by atoms with Gasteiger partial charge in [0.05, 0.1) is 11.9 Å². The zero-order valence-corrected chi connectivity index (χ0v) is 12.3. The Balaban J connectivity index is 1.90. The summed E-state index contributed by atoms with van der Waals surface area (Å²) in [6.45, 7) is 1.46. The number of H-pyrrole nitrogens is 1. The van der Waals surface area contributed by atoms with Crippen molar-refractivity contribution < 1.29 is 14.7 Å². The number of carbonyl (C=O) groups is 2. The predicted octanol–water partition coefficient (Wildman–Crippen LogP) is 3.28. The molecule has 0 saturated heterocycles. The number of amides is 2. The van der Waals surface area contributed by atoms with Crippen molar-refractivity contribution in [2.24, 2.45) is 0 Å². The van der Waals surface area contributed by atoms with Gasteiger partial charge in [0.2, 0.25) is 5.91 Å². The van der Waals surface area contributed by atoms with Crippen LogP contribution >= 0.6 is 0 Å². The number of anilines is 2. The first-order chi connectivity index (χ1) is 11.0. The number of hydrogen-bond acceptors (Lipinski definition) is 3. The van der Waals surface area contributed by atoms with Gasteiger partial charge in [-0.05, 0) is 29.8 Å². The standard InChI is InChI=1S/C16H14N4O3/c1-9(21)18-12-4-2-10(3-5-12)14-7-11-6-13(19-16(22)23)8-17-15(11)20-14/h2-8,19H,1H3,(H,17,20)(H,18,21)(H,22,23). The van der Waals surface area contributed by atoms with Gasteiger partial charge >= 0.3 is 6.09 Å². The van der Waals surface area contributed by atoms with E-state index in [1.54, 1.807) is 6.07 Å². The summed E-state index contributed by atoms with van der Waals surface area (Å²) in [5.41, 5.74) is 3.60. The van der Waals surface area contributed by atoms with E-state index in [2.05, 4.69) is 20.6 Å². The molecule has 0 radical (unpaired) electrons. The van der Waals surface area contributed by atoms with Gasteiger partial charge in [-0.2, -0.15) is 0 Å². The molecule has 7 nitrogen and oxygen atoms in total. The van der Waals surface area contributed by atoms with Crippen LogP contribution in [-0.4, -0.2) is 27.1 Å². The number of carboxylic acid groups (broad SMARTS) is 1. The molecular weight excluding hydrogens is 296 g/mol. The molecule has 1 aromatic carbocycles. The molecule has 0 saturated carbocycles. The van der Waals surface area contributed by atoms with Crippen molar-refractivity contribution >= 4 is 34.4 Å². The minimum Gasteiger partial charge on any atom is -0.465 e. The van der Waals surface area contributed by atoms with Crippen LogP contribution in [0.4, 0.5) is 16.2 Å². The number of rotatable bonds is 3. The van der Waals surface area contributed by atoms with Crippen LogP contribution in [0, 0.1) is 0 Å². The fourth-order valence-corrected chi connectivity index (χ4v) is 2.30. The molecule has 4 N–H and O–H groups in total. The lowest BCUT2D eigenvalue weighted by Gasteiger charge is -2.03. The molecule has 3 rings (SSSR count). The maximum absolute atomic E-state index is 11.0. The first kappa shape index (κ1) is 14.6. The lowest BCUT2D eigenvalue weighted by molar-refractivity contribution is -0.114. The molecule has 3 aromatic rings. The number of aromatic amines is 1. The molecule has 2 amide bonds. The Morgan fingerprint density at radius 2 is 1.83 bits per heavy atom. The number of carbonyl (C=O) groups excluding carboxylic acids is 1. The number of nitrogens with zero attached hydrogens (tertiary/aromatic N) is 1. The van der Waals surface area contributed by atoms with E-state index < -0.39 is 6.09 Å². The average molecular weight is 310 g/mol. The second-order valence-electron chi connectivity index (χ2n) is 5.03. The molecule has 116 valence electrons. The first-order valence-electron chi connectivity index (χ1n) is 6.88. The molecule has 2 heterocycles. The second-order valence-corrected chi connectivity index (χ2v) is 5.03. The topological polar surface area (TPSA) is 107 Å². The van der Waals surface area contributed by atoms with Crippen molar-refractivity contribution in [3.8, 4) is 11.3 Å². The van der Waals surface area contributed by atoms with Crippen LogP contribution in [-0.2, 0) is 4.79 Å². The molecule has 0 aliphatic heterocycles.